The average Bonchev–Trinajstić information content (AvgIpc) is 2.26. The van der Waals surface area contributed by atoms with Gasteiger partial charge in [-0.3, -0.25) is 5.32 Å². The van der Waals surface area contributed by atoms with Gasteiger partial charge in [0.15, 0.2) is 0 Å². The number of carbonyl (C=O) groups excluding carboxylic acids is 1. The van der Waals surface area contributed by atoms with Gasteiger partial charge in [-0.05, 0) is 20.3 Å². The zero-order valence-corrected chi connectivity index (χ0v) is 12.7. The molecule has 0 atom stereocenters. The molecule has 0 aliphatic carbocycles. The number of rotatable bonds is 4. The summed E-state index contributed by atoms with van der Waals surface area (Å²) in [5.41, 5.74) is -1.09. The van der Waals surface area contributed by atoms with Gasteiger partial charge in [0.1, 0.15) is 21.5 Å². The number of amides is 1. The van der Waals surface area contributed by atoms with Crippen molar-refractivity contribution in [3.63, 3.8) is 0 Å². The summed E-state index contributed by atoms with van der Waals surface area (Å²) in [7, 11) is 0. The van der Waals surface area contributed by atoms with Gasteiger partial charge in [0, 0.05) is 6.07 Å². The summed E-state index contributed by atoms with van der Waals surface area (Å²) in [5.74, 6) is -1.33. The Balaban J connectivity index is 3.03. The van der Waals surface area contributed by atoms with E-state index in [0.717, 1.165) is 0 Å². The molecule has 0 radical (unpaired) electrons. The minimum Gasteiger partial charge on any atom is -0.478 e. The fourth-order valence-electron chi connectivity index (χ4n) is 1.24. The number of halogens is 2. The highest BCUT2D eigenvalue weighted by Gasteiger charge is 2.23. The molecule has 20 heavy (non-hydrogen) atoms. The largest absolute Gasteiger partial charge is 0.478 e. The lowest BCUT2D eigenvalue weighted by Gasteiger charge is -2.23. The van der Waals surface area contributed by atoms with Gasteiger partial charge in [0.2, 0.25) is 0 Å². The van der Waals surface area contributed by atoms with Crippen LogP contribution in [0.5, 0.6) is 0 Å². The van der Waals surface area contributed by atoms with Crippen molar-refractivity contribution in [1.82, 2.24) is 4.98 Å². The number of hydrogen-bond donors (Lipinski definition) is 2. The van der Waals surface area contributed by atoms with Crippen molar-refractivity contribution in [2.24, 2.45) is 0 Å². The normalized spacial score (nSPS) is 11.1. The van der Waals surface area contributed by atoms with Gasteiger partial charge in [0.25, 0.3) is 0 Å². The Labute approximate surface area is 126 Å². The Bertz CT molecular complexity index is 547. The topological polar surface area (TPSA) is 88.5 Å². The Morgan fingerprint density at radius 2 is 2.05 bits per heavy atom. The highest BCUT2D eigenvalue weighted by molar-refractivity contribution is 6.35. The van der Waals surface area contributed by atoms with E-state index in [0.29, 0.717) is 6.42 Å². The predicted molar refractivity (Wildman–Crippen MR) is 75.7 cm³/mol. The molecule has 0 saturated carbocycles. The minimum absolute atomic E-state index is 0.0370. The zero-order chi connectivity index (χ0) is 15.5. The summed E-state index contributed by atoms with van der Waals surface area (Å²) in [6, 6.07) is 1.19. The van der Waals surface area contributed by atoms with E-state index in [9.17, 15) is 9.59 Å². The predicted octanol–water partition coefficient (Wildman–Crippen LogP) is 3.82. The van der Waals surface area contributed by atoms with E-state index in [2.05, 4.69) is 10.3 Å². The van der Waals surface area contributed by atoms with Gasteiger partial charge < -0.3 is 9.84 Å². The highest BCUT2D eigenvalue weighted by Crippen LogP contribution is 2.27. The number of ether oxygens (including phenoxy) is 1. The van der Waals surface area contributed by atoms with Crippen LogP contribution in [0.4, 0.5) is 10.5 Å². The van der Waals surface area contributed by atoms with Crippen molar-refractivity contribution in [3.8, 4) is 0 Å². The van der Waals surface area contributed by atoms with Crippen LogP contribution in [-0.2, 0) is 4.74 Å². The summed E-state index contributed by atoms with van der Waals surface area (Å²) in [6.07, 6.45) is -0.193. The third kappa shape index (κ3) is 4.25. The third-order valence-electron chi connectivity index (χ3n) is 2.62. The minimum atomic E-state index is -1.33. The number of anilines is 1. The first-order chi connectivity index (χ1) is 9.16. The van der Waals surface area contributed by atoms with Crippen molar-refractivity contribution in [2.45, 2.75) is 32.8 Å². The van der Waals surface area contributed by atoms with E-state index < -0.39 is 17.7 Å². The number of nitrogens with zero attached hydrogens (tertiary/aromatic N) is 1. The number of pyridine rings is 1. The van der Waals surface area contributed by atoms with Crippen molar-refractivity contribution in [1.29, 1.82) is 0 Å². The van der Waals surface area contributed by atoms with Gasteiger partial charge in [-0.15, -0.1) is 0 Å². The van der Waals surface area contributed by atoms with Crippen molar-refractivity contribution < 1.29 is 19.4 Å². The summed E-state index contributed by atoms with van der Waals surface area (Å²) >= 11 is 11.4. The van der Waals surface area contributed by atoms with E-state index in [-0.39, 0.29) is 21.6 Å². The molecule has 0 aliphatic rings. The van der Waals surface area contributed by atoms with Crippen LogP contribution in [0.15, 0.2) is 6.07 Å². The van der Waals surface area contributed by atoms with E-state index in [1.807, 2.05) is 6.92 Å². The fourth-order valence-corrected chi connectivity index (χ4v) is 1.76. The maximum absolute atomic E-state index is 11.8. The highest BCUT2D eigenvalue weighted by atomic mass is 35.5. The quantitative estimate of drug-likeness (QED) is 0.823. The Morgan fingerprint density at radius 3 is 2.55 bits per heavy atom. The maximum Gasteiger partial charge on any atom is 0.412 e. The van der Waals surface area contributed by atoms with Crippen LogP contribution in [0.3, 0.4) is 0 Å². The summed E-state index contributed by atoms with van der Waals surface area (Å²) in [6.45, 7) is 5.32. The molecular formula is C12H14Cl2N2O4. The van der Waals surface area contributed by atoms with Crippen LogP contribution in [0.1, 0.15) is 37.6 Å². The monoisotopic (exact) mass is 320 g/mol. The smallest absolute Gasteiger partial charge is 0.412 e. The van der Waals surface area contributed by atoms with Gasteiger partial charge >= 0.3 is 12.1 Å². The maximum atomic E-state index is 11.8. The second kappa shape index (κ2) is 6.28. The Hall–Kier alpha value is -1.53. The van der Waals surface area contributed by atoms with E-state index in [4.69, 9.17) is 33.0 Å². The lowest BCUT2D eigenvalue weighted by Crippen LogP contribution is -2.30. The molecule has 0 aromatic carbocycles. The lowest BCUT2D eigenvalue weighted by atomic mass is 10.1. The molecule has 110 valence electrons. The lowest BCUT2D eigenvalue weighted by molar-refractivity contribution is 0.0462. The van der Waals surface area contributed by atoms with Crippen molar-refractivity contribution >= 4 is 41.0 Å². The van der Waals surface area contributed by atoms with Crippen LogP contribution < -0.4 is 5.32 Å². The van der Waals surface area contributed by atoms with Gasteiger partial charge in [-0.1, -0.05) is 30.1 Å². The fraction of sp³-hybridized carbons (Fsp3) is 0.417. The van der Waals surface area contributed by atoms with E-state index in [1.165, 1.54) is 6.07 Å². The molecule has 1 aromatic heterocycles. The molecule has 1 aromatic rings. The first kappa shape index (κ1) is 16.5. The van der Waals surface area contributed by atoms with E-state index >= 15 is 0 Å². The molecule has 0 fully saturated rings. The molecular weight excluding hydrogens is 307 g/mol. The molecule has 8 heteroatoms. The Kier molecular flexibility index (Phi) is 5.19. The molecule has 0 saturated heterocycles. The molecule has 0 bridgehead atoms. The average molecular weight is 321 g/mol. The second-order valence-electron chi connectivity index (χ2n) is 4.59. The SMILES string of the molecule is CCC(C)(C)OC(=O)Nc1cc(Cl)nc(Cl)c1C(=O)O. The van der Waals surface area contributed by atoms with Gasteiger partial charge in [0.05, 0.1) is 5.69 Å². The van der Waals surface area contributed by atoms with Crippen LogP contribution >= 0.6 is 23.2 Å². The molecule has 0 spiro atoms. The summed E-state index contributed by atoms with van der Waals surface area (Å²) in [5, 5.41) is 11.0. The number of aromatic nitrogens is 1. The molecule has 1 heterocycles. The first-order valence-electron chi connectivity index (χ1n) is 5.75. The second-order valence-corrected chi connectivity index (χ2v) is 5.34. The summed E-state index contributed by atoms with van der Waals surface area (Å²) in [4.78, 5) is 26.5. The number of aromatic carboxylic acids is 1. The van der Waals surface area contributed by atoms with Crippen LogP contribution in [0.25, 0.3) is 0 Å². The van der Waals surface area contributed by atoms with Crippen molar-refractivity contribution in [3.05, 3.63) is 21.9 Å². The van der Waals surface area contributed by atoms with Gasteiger partial charge in [-0.25, -0.2) is 14.6 Å². The number of nitrogens with one attached hydrogen (secondary N) is 1. The van der Waals surface area contributed by atoms with Crippen LogP contribution in [0, 0.1) is 0 Å². The molecule has 0 aliphatic heterocycles. The zero-order valence-electron chi connectivity index (χ0n) is 11.2. The number of hydrogen-bond acceptors (Lipinski definition) is 4. The third-order valence-corrected chi connectivity index (χ3v) is 3.08. The van der Waals surface area contributed by atoms with Crippen molar-refractivity contribution in [2.75, 3.05) is 5.32 Å². The molecule has 2 N–H and O–H groups in total. The molecule has 1 amide bonds. The van der Waals surface area contributed by atoms with E-state index in [1.54, 1.807) is 13.8 Å². The Morgan fingerprint density at radius 1 is 1.45 bits per heavy atom. The number of carboxylic acid groups (broad SMARTS) is 1. The first-order valence-corrected chi connectivity index (χ1v) is 6.51. The van der Waals surface area contributed by atoms with Crippen LogP contribution in [-0.4, -0.2) is 27.8 Å². The number of carboxylic acids is 1. The summed E-state index contributed by atoms with van der Waals surface area (Å²) < 4.78 is 5.16. The van der Waals surface area contributed by atoms with Gasteiger partial charge in [-0.2, -0.15) is 0 Å². The molecule has 6 nitrogen and oxygen atoms in total. The molecule has 0 unspecified atom stereocenters. The van der Waals surface area contributed by atoms with Crippen LogP contribution in [0.2, 0.25) is 10.3 Å². The molecule has 1 rings (SSSR count). The standard InChI is InChI=1S/C12H14Cl2N2O4/c1-4-12(2,3)20-11(19)15-6-5-7(13)16-9(14)8(6)10(17)18/h5H,4H2,1-3H3,(H,17,18)(H,15,16,19). The number of carbonyl (C=O) groups is 2.